The smallest absolute Gasteiger partial charge is 0.0472 e. The van der Waals surface area contributed by atoms with Crippen LogP contribution in [0.1, 0.15) is 19.4 Å². The summed E-state index contributed by atoms with van der Waals surface area (Å²) in [6.07, 6.45) is 2.04. The Hall–Kier alpha value is -0.990. The molecule has 0 atom stereocenters. The Bertz CT molecular complexity index is 485. The van der Waals surface area contributed by atoms with Gasteiger partial charge in [-0.3, -0.25) is 0 Å². The van der Waals surface area contributed by atoms with E-state index >= 15 is 0 Å². The van der Waals surface area contributed by atoms with E-state index in [0.29, 0.717) is 0 Å². The molecule has 0 aliphatic rings. The van der Waals surface area contributed by atoms with Crippen molar-refractivity contribution < 1.29 is 0 Å². The first-order valence-corrected chi connectivity index (χ1v) is 5.38. The molecule has 1 aromatic carbocycles. The van der Waals surface area contributed by atoms with E-state index in [4.69, 9.17) is 11.6 Å². The van der Waals surface area contributed by atoms with Crippen molar-refractivity contribution in [2.24, 2.45) is 0 Å². The van der Waals surface area contributed by atoms with Crippen molar-refractivity contribution in [1.29, 1.82) is 0 Å². The van der Waals surface area contributed by atoms with E-state index in [9.17, 15) is 0 Å². The largest absolute Gasteiger partial charge is 0.361 e. The van der Waals surface area contributed by atoms with E-state index in [1.54, 1.807) is 0 Å². The van der Waals surface area contributed by atoms with E-state index in [-0.39, 0.29) is 5.54 Å². The van der Waals surface area contributed by atoms with Crippen LogP contribution < -0.4 is 5.32 Å². The van der Waals surface area contributed by atoms with Crippen molar-refractivity contribution in [3.8, 4) is 0 Å². The molecule has 0 saturated heterocycles. The number of aromatic nitrogens is 1. The third-order valence-corrected chi connectivity index (χ3v) is 3.18. The number of fused-ring (bicyclic) bond motifs is 1. The first-order valence-electron chi connectivity index (χ1n) is 5.00. The zero-order chi connectivity index (χ0) is 11.1. The molecule has 0 spiro atoms. The number of hydrogen-bond donors (Lipinski definition) is 2. The average Bonchev–Trinajstić information content (AvgIpc) is 2.61. The van der Waals surface area contributed by atoms with Gasteiger partial charge in [0, 0.05) is 27.7 Å². The van der Waals surface area contributed by atoms with E-state index < -0.39 is 0 Å². The van der Waals surface area contributed by atoms with Crippen molar-refractivity contribution >= 4 is 22.5 Å². The van der Waals surface area contributed by atoms with Crippen LogP contribution in [0.5, 0.6) is 0 Å². The SMILES string of the molecule is CNC(C)(C)c1c[nH]c2cc(Cl)ccc12. The summed E-state index contributed by atoms with van der Waals surface area (Å²) in [7, 11) is 1.97. The molecule has 2 nitrogen and oxygen atoms in total. The third kappa shape index (κ3) is 1.75. The maximum Gasteiger partial charge on any atom is 0.0472 e. The van der Waals surface area contributed by atoms with Gasteiger partial charge in [-0.1, -0.05) is 17.7 Å². The summed E-state index contributed by atoms with van der Waals surface area (Å²) in [4.78, 5) is 3.24. The predicted octanol–water partition coefficient (Wildman–Crippen LogP) is 3.28. The predicted molar refractivity (Wildman–Crippen MR) is 65.4 cm³/mol. The Morgan fingerprint density at radius 3 is 2.73 bits per heavy atom. The van der Waals surface area contributed by atoms with Gasteiger partial charge in [-0.25, -0.2) is 0 Å². The van der Waals surface area contributed by atoms with E-state index in [1.165, 1.54) is 10.9 Å². The van der Waals surface area contributed by atoms with Gasteiger partial charge in [0.25, 0.3) is 0 Å². The summed E-state index contributed by atoms with van der Waals surface area (Å²) < 4.78 is 0. The average molecular weight is 223 g/mol. The molecule has 0 unspecified atom stereocenters. The molecule has 0 bridgehead atoms. The lowest BCUT2D eigenvalue weighted by molar-refractivity contribution is 0.448. The quantitative estimate of drug-likeness (QED) is 0.802. The molecule has 0 aliphatic carbocycles. The van der Waals surface area contributed by atoms with E-state index in [2.05, 4.69) is 30.2 Å². The first-order chi connectivity index (χ1) is 7.04. The summed E-state index contributed by atoms with van der Waals surface area (Å²) in [5.74, 6) is 0. The van der Waals surface area contributed by atoms with Crippen LogP contribution in [0, 0.1) is 0 Å². The van der Waals surface area contributed by atoms with Gasteiger partial charge in [0.05, 0.1) is 0 Å². The Morgan fingerprint density at radius 1 is 1.33 bits per heavy atom. The minimum Gasteiger partial charge on any atom is -0.361 e. The van der Waals surface area contributed by atoms with E-state index in [0.717, 1.165) is 10.5 Å². The lowest BCUT2D eigenvalue weighted by atomic mass is 9.94. The van der Waals surface area contributed by atoms with Crippen molar-refractivity contribution in [3.05, 3.63) is 35.0 Å². The molecule has 1 aromatic heterocycles. The van der Waals surface area contributed by atoms with Gasteiger partial charge in [-0.05, 0) is 38.6 Å². The zero-order valence-electron chi connectivity index (χ0n) is 9.19. The van der Waals surface area contributed by atoms with Crippen molar-refractivity contribution in [3.63, 3.8) is 0 Å². The van der Waals surface area contributed by atoms with Crippen LogP contribution in [-0.4, -0.2) is 12.0 Å². The summed E-state index contributed by atoms with van der Waals surface area (Å²) >= 11 is 5.94. The molecule has 3 heteroatoms. The number of nitrogens with one attached hydrogen (secondary N) is 2. The second-order valence-corrected chi connectivity index (χ2v) is 4.70. The van der Waals surface area contributed by atoms with Crippen LogP contribution >= 0.6 is 11.6 Å². The molecule has 0 aliphatic heterocycles. The Kier molecular flexibility index (Phi) is 2.49. The fourth-order valence-corrected chi connectivity index (χ4v) is 1.92. The van der Waals surface area contributed by atoms with Gasteiger partial charge < -0.3 is 10.3 Å². The minimum absolute atomic E-state index is 0.0356. The molecule has 0 radical (unpaired) electrons. The standard InChI is InChI=1S/C12H15ClN2/c1-12(2,14-3)10-7-15-11-6-8(13)4-5-9(10)11/h4-7,14-15H,1-3H3. The second kappa shape index (κ2) is 3.54. The third-order valence-electron chi connectivity index (χ3n) is 2.94. The lowest BCUT2D eigenvalue weighted by Crippen LogP contribution is -2.32. The number of hydrogen-bond acceptors (Lipinski definition) is 1. The summed E-state index contributed by atoms with van der Waals surface area (Å²) in [5.41, 5.74) is 2.31. The highest BCUT2D eigenvalue weighted by Crippen LogP contribution is 2.29. The van der Waals surface area contributed by atoms with E-state index in [1.807, 2.05) is 25.4 Å². The van der Waals surface area contributed by atoms with Crippen LogP contribution in [0.3, 0.4) is 0 Å². The Labute approximate surface area is 94.6 Å². The summed E-state index contributed by atoms with van der Waals surface area (Å²) in [5, 5.41) is 5.28. The molecule has 2 aromatic rings. The van der Waals surface area contributed by atoms with Crippen LogP contribution in [0.4, 0.5) is 0 Å². The normalized spacial score (nSPS) is 12.3. The fraction of sp³-hybridized carbons (Fsp3) is 0.333. The number of H-pyrrole nitrogens is 1. The molecule has 1 heterocycles. The van der Waals surface area contributed by atoms with Gasteiger partial charge in [0.2, 0.25) is 0 Å². The molecule has 0 saturated carbocycles. The summed E-state index contributed by atoms with van der Waals surface area (Å²) in [6.45, 7) is 4.31. The number of aromatic amines is 1. The maximum atomic E-state index is 5.94. The van der Waals surface area contributed by atoms with Crippen molar-refractivity contribution in [2.45, 2.75) is 19.4 Å². The van der Waals surface area contributed by atoms with Gasteiger partial charge in [-0.15, -0.1) is 0 Å². The highest BCUT2D eigenvalue weighted by Gasteiger charge is 2.21. The molecule has 80 valence electrons. The number of benzene rings is 1. The highest BCUT2D eigenvalue weighted by molar-refractivity contribution is 6.31. The molecular weight excluding hydrogens is 208 g/mol. The Balaban J connectivity index is 2.64. The zero-order valence-corrected chi connectivity index (χ0v) is 9.94. The number of rotatable bonds is 2. The minimum atomic E-state index is -0.0356. The van der Waals surface area contributed by atoms with Gasteiger partial charge in [0.15, 0.2) is 0 Å². The van der Waals surface area contributed by atoms with Gasteiger partial charge in [0.1, 0.15) is 0 Å². The van der Waals surface area contributed by atoms with Crippen LogP contribution in [0.15, 0.2) is 24.4 Å². The fourth-order valence-electron chi connectivity index (χ4n) is 1.75. The van der Waals surface area contributed by atoms with Crippen LogP contribution in [-0.2, 0) is 5.54 Å². The molecule has 2 rings (SSSR count). The van der Waals surface area contributed by atoms with Crippen molar-refractivity contribution in [2.75, 3.05) is 7.05 Å². The Morgan fingerprint density at radius 2 is 2.07 bits per heavy atom. The highest BCUT2D eigenvalue weighted by atomic mass is 35.5. The molecule has 0 amide bonds. The second-order valence-electron chi connectivity index (χ2n) is 4.27. The van der Waals surface area contributed by atoms with Crippen LogP contribution in [0.25, 0.3) is 10.9 Å². The summed E-state index contributed by atoms with van der Waals surface area (Å²) in [6, 6.07) is 5.93. The molecule has 2 N–H and O–H groups in total. The first kappa shape index (κ1) is 10.5. The number of halogens is 1. The topological polar surface area (TPSA) is 27.8 Å². The molecule has 15 heavy (non-hydrogen) atoms. The van der Waals surface area contributed by atoms with Crippen molar-refractivity contribution in [1.82, 2.24) is 10.3 Å². The van der Waals surface area contributed by atoms with Gasteiger partial charge in [-0.2, -0.15) is 0 Å². The molecule has 0 fully saturated rings. The monoisotopic (exact) mass is 222 g/mol. The molecular formula is C12H15ClN2. The van der Waals surface area contributed by atoms with Crippen LogP contribution in [0.2, 0.25) is 5.02 Å². The maximum absolute atomic E-state index is 5.94. The van der Waals surface area contributed by atoms with Gasteiger partial charge >= 0.3 is 0 Å². The lowest BCUT2D eigenvalue weighted by Gasteiger charge is -2.23.